The van der Waals surface area contributed by atoms with Crippen LogP contribution >= 0.6 is 35.4 Å². The van der Waals surface area contributed by atoms with E-state index in [9.17, 15) is 0 Å². The number of halogens is 2. The fraction of sp³-hybridized carbons (Fsp3) is 0.154. The quantitative estimate of drug-likeness (QED) is 0.510. The number of thiocarbonyl (C=S) groups is 1. The first-order valence-corrected chi connectivity index (χ1v) is 7.17. The molecule has 110 valence electrons. The van der Waals surface area contributed by atoms with Crippen LogP contribution in [0.3, 0.4) is 0 Å². The number of nitrogens with one attached hydrogen (secondary N) is 2. The second-order valence-electron chi connectivity index (χ2n) is 4.30. The van der Waals surface area contributed by atoms with Gasteiger partial charge in [0, 0.05) is 24.5 Å². The first-order chi connectivity index (χ1) is 9.95. The molecular weight excluding hydrogens is 329 g/mol. The van der Waals surface area contributed by atoms with Crippen molar-refractivity contribution in [1.82, 2.24) is 15.2 Å². The van der Waals surface area contributed by atoms with Gasteiger partial charge in [0.15, 0.2) is 5.11 Å². The van der Waals surface area contributed by atoms with E-state index in [1.165, 1.54) is 0 Å². The minimum Gasteiger partial charge on any atom is -0.331 e. The second-order valence-corrected chi connectivity index (χ2v) is 5.52. The molecule has 5 nitrogen and oxygen atoms in total. The van der Waals surface area contributed by atoms with E-state index in [0.29, 0.717) is 15.2 Å². The topological polar surface area (TPSA) is 54.2 Å². The average molecular weight is 342 g/mol. The summed E-state index contributed by atoms with van der Waals surface area (Å²) in [4.78, 5) is 0. The van der Waals surface area contributed by atoms with Gasteiger partial charge in [0.2, 0.25) is 0 Å². The van der Waals surface area contributed by atoms with E-state index in [-0.39, 0.29) is 0 Å². The van der Waals surface area contributed by atoms with E-state index < -0.39 is 0 Å². The van der Waals surface area contributed by atoms with Gasteiger partial charge < -0.3 is 5.32 Å². The van der Waals surface area contributed by atoms with Crippen molar-refractivity contribution in [3.05, 3.63) is 45.7 Å². The lowest BCUT2D eigenvalue weighted by Crippen LogP contribution is -2.23. The fourth-order valence-electron chi connectivity index (χ4n) is 1.64. The zero-order valence-electron chi connectivity index (χ0n) is 11.4. The maximum Gasteiger partial charge on any atom is 0.191 e. The Morgan fingerprint density at radius 2 is 2.14 bits per heavy atom. The van der Waals surface area contributed by atoms with Crippen LogP contribution in [-0.2, 0) is 7.05 Å². The van der Waals surface area contributed by atoms with E-state index in [4.69, 9.17) is 35.4 Å². The number of anilines is 1. The predicted molar refractivity (Wildman–Crippen MR) is 91.4 cm³/mol. The van der Waals surface area contributed by atoms with Gasteiger partial charge in [0.1, 0.15) is 0 Å². The molecule has 0 amide bonds. The lowest BCUT2D eigenvalue weighted by Gasteiger charge is -2.07. The normalized spacial score (nSPS) is 10.9. The Labute approximate surface area is 137 Å². The molecule has 0 aliphatic rings. The van der Waals surface area contributed by atoms with E-state index in [1.807, 2.05) is 20.2 Å². The number of hydrazone groups is 1. The van der Waals surface area contributed by atoms with Gasteiger partial charge in [-0.15, -0.1) is 0 Å². The summed E-state index contributed by atoms with van der Waals surface area (Å²) in [5.41, 5.74) is 5.27. The maximum absolute atomic E-state index is 5.93. The summed E-state index contributed by atoms with van der Waals surface area (Å²) in [5.74, 6) is 0. The Balaban J connectivity index is 1.93. The second kappa shape index (κ2) is 6.89. The molecule has 21 heavy (non-hydrogen) atoms. The molecular formula is C13H13Cl2N5S. The lowest BCUT2D eigenvalue weighted by atomic mass is 10.3. The molecule has 0 saturated heterocycles. The molecule has 0 atom stereocenters. The number of hydrogen-bond donors (Lipinski definition) is 2. The van der Waals surface area contributed by atoms with Gasteiger partial charge >= 0.3 is 0 Å². The van der Waals surface area contributed by atoms with Crippen LogP contribution in [0.1, 0.15) is 11.3 Å². The fourth-order valence-corrected chi connectivity index (χ4v) is 2.11. The highest BCUT2D eigenvalue weighted by atomic mass is 35.5. The summed E-state index contributed by atoms with van der Waals surface area (Å²) in [6, 6.07) is 5.15. The zero-order valence-corrected chi connectivity index (χ0v) is 13.7. The van der Waals surface area contributed by atoms with Gasteiger partial charge in [-0.25, -0.2) is 0 Å². The molecule has 2 aromatic rings. The first-order valence-electron chi connectivity index (χ1n) is 6.01. The lowest BCUT2D eigenvalue weighted by molar-refractivity contribution is 0.756. The molecule has 0 spiro atoms. The summed E-state index contributed by atoms with van der Waals surface area (Å²) in [6.45, 7) is 1.91. The third-order valence-corrected chi connectivity index (χ3v) is 3.53. The smallest absolute Gasteiger partial charge is 0.191 e. The monoisotopic (exact) mass is 341 g/mol. The molecule has 0 unspecified atom stereocenters. The van der Waals surface area contributed by atoms with Crippen molar-refractivity contribution in [2.45, 2.75) is 6.92 Å². The van der Waals surface area contributed by atoms with Crippen LogP contribution in [0.25, 0.3) is 0 Å². The predicted octanol–water partition coefficient (Wildman–Crippen LogP) is 3.36. The molecule has 0 radical (unpaired) electrons. The maximum atomic E-state index is 5.93. The van der Waals surface area contributed by atoms with Crippen molar-refractivity contribution in [2.75, 3.05) is 5.32 Å². The summed E-state index contributed by atoms with van der Waals surface area (Å²) in [7, 11) is 1.86. The van der Waals surface area contributed by atoms with Gasteiger partial charge in [-0.3, -0.25) is 10.1 Å². The van der Waals surface area contributed by atoms with Crippen LogP contribution in [0.5, 0.6) is 0 Å². The molecule has 0 aliphatic carbocycles. The van der Waals surface area contributed by atoms with Gasteiger partial charge in [0.25, 0.3) is 0 Å². The molecule has 1 aromatic carbocycles. The number of aromatic nitrogens is 2. The third-order valence-electron chi connectivity index (χ3n) is 2.60. The van der Waals surface area contributed by atoms with Crippen LogP contribution in [0, 0.1) is 6.92 Å². The summed E-state index contributed by atoms with van der Waals surface area (Å²) in [5, 5.41) is 12.5. The molecule has 2 N–H and O–H groups in total. The molecule has 1 heterocycles. The Hall–Kier alpha value is -1.63. The van der Waals surface area contributed by atoms with Crippen molar-refractivity contribution < 1.29 is 0 Å². The van der Waals surface area contributed by atoms with Gasteiger partial charge in [0.05, 0.1) is 22.0 Å². The van der Waals surface area contributed by atoms with E-state index in [1.54, 1.807) is 29.1 Å². The number of rotatable bonds is 3. The Bertz CT molecular complexity index is 696. The first kappa shape index (κ1) is 15.8. The molecule has 0 bridgehead atoms. The Morgan fingerprint density at radius 1 is 1.38 bits per heavy atom. The minimum atomic E-state index is 0.353. The van der Waals surface area contributed by atoms with Gasteiger partial charge in [-0.05, 0) is 37.3 Å². The number of benzene rings is 1. The molecule has 0 fully saturated rings. The van der Waals surface area contributed by atoms with Crippen LogP contribution in [0.15, 0.2) is 29.5 Å². The van der Waals surface area contributed by atoms with Crippen molar-refractivity contribution >= 4 is 52.4 Å². The van der Waals surface area contributed by atoms with Crippen molar-refractivity contribution in [1.29, 1.82) is 0 Å². The van der Waals surface area contributed by atoms with Crippen LogP contribution < -0.4 is 10.7 Å². The minimum absolute atomic E-state index is 0.353. The summed E-state index contributed by atoms with van der Waals surface area (Å²) in [6.07, 6.45) is 3.53. The largest absolute Gasteiger partial charge is 0.331 e. The molecule has 0 saturated carbocycles. The Kier molecular flexibility index (Phi) is 5.17. The SMILES string of the molecule is Cc1nn(C)cc1/C=N/NC(=S)Nc1ccc(Cl)c(Cl)c1. The van der Waals surface area contributed by atoms with Gasteiger partial charge in [-0.2, -0.15) is 10.2 Å². The van der Waals surface area contributed by atoms with Crippen LogP contribution in [0.2, 0.25) is 10.0 Å². The molecule has 1 aromatic heterocycles. The van der Waals surface area contributed by atoms with Gasteiger partial charge in [-0.1, -0.05) is 23.2 Å². The Morgan fingerprint density at radius 3 is 2.76 bits per heavy atom. The number of aryl methyl sites for hydroxylation is 2. The molecule has 0 aliphatic heterocycles. The van der Waals surface area contributed by atoms with E-state index in [2.05, 4.69) is 20.9 Å². The van der Waals surface area contributed by atoms with Crippen LogP contribution in [0.4, 0.5) is 5.69 Å². The highest BCUT2D eigenvalue weighted by Gasteiger charge is 2.02. The highest BCUT2D eigenvalue weighted by Crippen LogP contribution is 2.24. The average Bonchev–Trinajstić information content (AvgIpc) is 2.72. The van der Waals surface area contributed by atoms with Crippen LogP contribution in [-0.4, -0.2) is 21.1 Å². The van der Waals surface area contributed by atoms with Crippen molar-refractivity contribution in [3.63, 3.8) is 0 Å². The van der Waals surface area contributed by atoms with Crippen molar-refractivity contribution in [2.24, 2.45) is 12.1 Å². The highest BCUT2D eigenvalue weighted by molar-refractivity contribution is 7.80. The van der Waals surface area contributed by atoms with E-state index in [0.717, 1.165) is 16.9 Å². The molecule has 8 heteroatoms. The number of hydrogen-bond acceptors (Lipinski definition) is 3. The summed E-state index contributed by atoms with van der Waals surface area (Å²) >= 11 is 16.9. The third kappa shape index (κ3) is 4.42. The zero-order chi connectivity index (χ0) is 15.4. The van der Waals surface area contributed by atoms with Crippen molar-refractivity contribution in [3.8, 4) is 0 Å². The number of nitrogens with zero attached hydrogens (tertiary/aromatic N) is 3. The van der Waals surface area contributed by atoms with E-state index >= 15 is 0 Å². The standard InChI is InChI=1S/C13H13Cl2N5S/c1-8-9(7-20(2)19-8)6-16-18-13(21)17-10-3-4-11(14)12(15)5-10/h3-7H,1-2H3,(H2,17,18,21)/b16-6+. The summed E-state index contributed by atoms with van der Waals surface area (Å²) < 4.78 is 1.73. The molecule has 2 rings (SSSR count).